The van der Waals surface area contributed by atoms with Crippen LogP contribution in [0.2, 0.25) is 0 Å². The zero-order chi connectivity index (χ0) is 14.5. The minimum atomic E-state index is 0.547. The van der Waals surface area contributed by atoms with Gasteiger partial charge in [-0.3, -0.25) is 4.90 Å². The lowest BCUT2D eigenvalue weighted by atomic mass is 9.89. The molecule has 1 aromatic carbocycles. The number of ether oxygens (including phenoxy) is 1. The number of methoxy groups -OCH3 is 1. The van der Waals surface area contributed by atoms with Crippen LogP contribution < -0.4 is 10.1 Å². The number of hydrogen-bond donors (Lipinski definition) is 1. The monoisotopic (exact) mass is 276 g/mol. The molecule has 0 saturated heterocycles. The minimum Gasteiger partial charge on any atom is -0.496 e. The molecule has 1 aliphatic heterocycles. The van der Waals surface area contributed by atoms with Gasteiger partial charge in [-0.25, -0.2) is 0 Å². The predicted octanol–water partition coefficient (Wildman–Crippen LogP) is 3.13. The van der Waals surface area contributed by atoms with E-state index >= 15 is 0 Å². The zero-order valence-electron chi connectivity index (χ0n) is 13.3. The molecule has 0 radical (unpaired) electrons. The van der Waals surface area contributed by atoms with Gasteiger partial charge >= 0.3 is 0 Å². The van der Waals surface area contributed by atoms with Crippen molar-refractivity contribution in [2.24, 2.45) is 0 Å². The number of hydrogen-bond acceptors (Lipinski definition) is 3. The molecule has 20 heavy (non-hydrogen) atoms. The summed E-state index contributed by atoms with van der Waals surface area (Å²) in [7, 11) is 1.78. The first-order valence-electron chi connectivity index (χ1n) is 7.89. The summed E-state index contributed by atoms with van der Waals surface area (Å²) in [4.78, 5) is 2.58. The molecule has 0 saturated carbocycles. The van der Waals surface area contributed by atoms with Crippen LogP contribution in [0.25, 0.3) is 0 Å². The molecule has 1 atom stereocenters. The lowest BCUT2D eigenvalue weighted by Crippen LogP contribution is -2.35. The molecular formula is C17H28N2O. The molecule has 3 nitrogen and oxygen atoms in total. The summed E-state index contributed by atoms with van der Waals surface area (Å²) >= 11 is 0. The molecule has 1 aliphatic rings. The van der Waals surface area contributed by atoms with Crippen molar-refractivity contribution in [3.63, 3.8) is 0 Å². The smallest absolute Gasteiger partial charge is 0.123 e. The van der Waals surface area contributed by atoms with Crippen LogP contribution in [-0.2, 0) is 13.0 Å². The van der Waals surface area contributed by atoms with E-state index in [0.29, 0.717) is 6.04 Å². The fourth-order valence-corrected chi connectivity index (χ4v) is 3.28. The quantitative estimate of drug-likeness (QED) is 0.864. The SMILES string of the molecule is CCNCc1cc2c(cc1OC)C(CC)N(CC)CC2. The summed E-state index contributed by atoms with van der Waals surface area (Å²) in [5.41, 5.74) is 4.26. The molecular weight excluding hydrogens is 248 g/mol. The predicted molar refractivity (Wildman–Crippen MR) is 84.4 cm³/mol. The van der Waals surface area contributed by atoms with Crippen molar-refractivity contribution in [2.75, 3.05) is 26.7 Å². The van der Waals surface area contributed by atoms with Crippen LogP contribution in [0.1, 0.15) is 49.9 Å². The first kappa shape index (κ1) is 15.3. The highest BCUT2D eigenvalue weighted by atomic mass is 16.5. The molecule has 0 fully saturated rings. The second-order valence-electron chi connectivity index (χ2n) is 5.45. The molecule has 112 valence electrons. The topological polar surface area (TPSA) is 24.5 Å². The molecule has 0 amide bonds. The second kappa shape index (κ2) is 7.09. The highest BCUT2D eigenvalue weighted by Crippen LogP contribution is 2.36. The number of benzene rings is 1. The first-order valence-corrected chi connectivity index (χ1v) is 7.89. The Morgan fingerprint density at radius 1 is 1.30 bits per heavy atom. The van der Waals surface area contributed by atoms with E-state index in [1.54, 1.807) is 7.11 Å². The molecule has 1 unspecified atom stereocenters. The van der Waals surface area contributed by atoms with Crippen molar-refractivity contribution in [3.05, 3.63) is 28.8 Å². The van der Waals surface area contributed by atoms with Crippen molar-refractivity contribution in [2.45, 2.75) is 46.2 Å². The van der Waals surface area contributed by atoms with Crippen LogP contribution >= 0.6 is 0 Å². The van der Waals surface area contributed by atoms with Crippen LogP contribution in [0, 0.1) is 0 Å². The maximum Gasteiger partial charge on any atom is 0.123 e. The molecule has 1 N–H and O–H groups in total. The van der Waals surface area contributed by atoms with Crippen molar-refractivity contribution in [1.29, 1.82) is 0 Å². The molecule has 0 aliphatic carbocycles. The highest BCUT2D eigenvalue weighted by molar-refractivity contribution is 5.45. The summed E-state index contributed by atoms with van der Waals surface area (Å²) in [5, 5.41) is 3.40. The normalized spacial score (nSPS) is 18.9. The van der Waals surface area contributed by atoms with Crippen LogP contribution in [0.3, 0.4) is 0 Å². The fraction of sp³-hybridized carbons (Fsp3) is 0.647. The molecule has 0 aromatic heterocycles. The van der Waals surface area contributed by atoms with E-state index in [1.807, 2.05) is 0 Å². The standard InChI is InChI=1S/C17H28N2O/c1-5-16-15-11-17(20-4)14(12-18-6-2)10-13(15)8-9-19(16)7-3/h10-11,16,18H,5-9,12H2,1-4H3. The largest absolute Gasteiger partial charge is 0.496 e. The lowest BCUT2D eigenvalue weighted by Gasteiger charge is -2.36. The summed E-state index contributed by atoms with van der Waals surface area (Å²) in [5.74, 6) is 1.03. The van der Waals surface area contributed by atoms with E-state index in [4.69, 9.17) is 4.74 Å². The van der Waals surface area contributed by atoms with Crippen molar-refractivity contribution in [1.82, 2.24) is 10.2 Å². The van der Waals surface area contributed by atoms with Crippen molar-refractivity contribution < 1.29 is 4.74 Å². The Balaban J connectivity index is 2.36. The molecule has 1 heterocycles. The Labute approximate surface area is 123 Å². The Morgan fingerprint density at radius 2 is 2.10 bits per heavy atom. The van der Waals surface area contributed by atoms with Gasteiger partial charge in [0.1, 0.15) is 5.75 Å². The van der Waals surface area contributed by atoms with Gasteiger partial charge in [0.15, 0.2) is 0 Å². The van der Waals surface area contributed by atoms with Gasteiger partial charge < -0.3 is 10.1 Å². The summed E-state index contributed by atoms with van der Waals surface area (Å²) in [6, 6.07) is 5.18. The number of fused-ring (bicyclic) bond motifs is 1. The second-order valence-corrected chi connectivity index (χ2v) is 5.45. The van der Waals surface area contributed by atoms with E-state index in [9.17, 15) is 0 Å². The van der Waals surface area contributed by atoms with Gasteiger partial charge in [0.2, 0.25) is 0 Å². The summed E-state index contributed by atoms with van der Waals surface area (Å²) < 4.78 is 5.61. The van der Waals surface area contributed by atoms with Crippen molar-refractivity contribution >= 4 is 0 Å². The Morgan fingerprint density at radius 3 is 2.70 bits per heavy atom. The zero-order valence-corrected chi connectivity index (χ0v) is 13.3. The van der Waals surface area contributed by atoms with E-state index in [-0.39, 0.29) is 0 Å². The number of nitrogens with zero attached hydrogens (tertiary/aromatic N) is 1. The van der Waals surface area contributed by atoms with E-state index in [0.717, 1.165) is 38.2 Å². The third-order valence-electron chi connectivity index (χ3n) is 4.37. The van der Waals surface area contributed by atoms with E-state index in [1.165, 1.54) is 23.2 Å². The first-order chi connectivity index (χ1) is 9.74. The molecule has 1 aromatic rings. The maximum atomic E-state index is 5.61. The third-order valence-corrected chi connectivity index (χ3v) is 4.37. The molecule has 0 bridgehead atoms. The van der Waals surface area contributed by atoms with Crippen LogP contribution in [0.4, 0.5) is 0 Å². The maximum absolute atomic E-state index is 5.61. The lowest BCUT2D eigenvalue weighted by molar-refractivity contribution is 0.189. The van der Waals surface area contributed by atoms with E-state index < -0.39 is 0 Å². The summed E-state index contributed by atoms with van der Waals surface area (Å²) in [6.07, 6.45) is 2.32. The van der Waals surface area contributed by atoms with Crippen molar-refractivity contribution in [3.8, 4) is 5.75 Å². The minimum absolute atomic E-state index is 0.547. The van der Waals surface area contributed by atoms with Gasteiger partial charge in [0, 0.05) is 24.7 Å². The Bertz CT molecular complexity index is 445. The Kier molecular flexibility index (Phi) is 5.44. The summed E-state index contributed by atoms with van der Waals surface area (Å²) in [6.45, 7) is 10.8. The number of likely N-dealkylation sites (N-methyl/N-ethyl adjacent to an activating group) is 1. The number of rotatable bonds is 6. The average molecular weight is 276 g/mol. The van der Waals surface area contributed by atoms with Gasteiger partial charge in [-0.15, -0.1) is 0 Å². The third kappa shape index (κ3) is 2.99. The van der Waals surface area contributed by atoms with Gasteiger partial charge in [-0.2, -0.15) is 0 Å². The van der Waals surface area contributed by atoms with Gasteiger partial charge in [-0.05, 0) is 43.1 Å². The Hall–Kier alpha value is -1.06. The fourth-order valence-electron chi connectivity index (χ4n) is 3.28. The molecule has 3 heteroatoms. The average Bonchev–Trinajstić information content (AvgIpc) is 2.50. The van der Waals surface area contributed by atoms with Crippen LogP contribution in [0.15, 0.2) is 12.1 Å². The highest BCUT2D eigenvalue weighted by Gasteiger charge is 2.26. The van der Waals surface area contributed by atoms with Crippen LogP contribution in [-0.4, -0.2) is 31.6 Å². The number of nitrogens with one attached hydrogen (secondary N) is 1. The van der Waals surface area contributed by atoms with E-state index in [2.05, 4.69) is 43.1 Å². The molecule has 2 rings (SSSR count). The van der Waals surface area contributed by atoms with Crippen LogP contribution in [0.5, 0.6) is 5.75 Å². The van der Waals surface area contributed by atoms with Gasteiger partial charge in [-0.1, -0.05) is 26.8 Å². The van der Waals surface area contributed by atoms with Gasteiger partial charge in [0.05, 0.1) is 7.11 Å². The molecule has 0 spiro atoms. The van der Waals surface area contributed by atoms with Gasteiger partial charge in [0.25, 0.3) is 0 Å².